The minimum atomic E-state index is -0.232. The Bertz CT molecular complexity index is 626. The van der Waals surface area contributed by atoms with Gasteiger partial charge in [0, 0.05) is 6.42 Å². The third-order valence-electron chi connectivity index (χ3n) is 8.38. The molecule has 0 saturated heterocycles. The lowest BCUT2D eigenvalue weighted by Gasteiger charge is -2.57. The van der Waals surface area contributed by atoms with E-state index >= 15 is 0 Å². The Balaban J connectivity index is 1.52. The summed E-state index contributed by atoms with van der Waals surface area (Å²) in [6.45, 7) is 5.07. The van der Waals surface area contributed by atoms with Crippen molar-refractivity contribution in [2.75, 3.05) is 0 Å². The summed E-state index contributed by atoms with van der Waals surface area (Å²) in [5.74, 6) is 4.82. The molecule has 4 aliphatic carbocycles. The van der Waals surface area contributed by atoms with Crippen molar-refractivity contribution in [3.05, 3.63) is 11.6 Å². The quantitative estimate of drug-likeness (QED) is 0.389. The van der Waals surface area contributed by atoms with Crippen LogP contribution < -0.4 is 0 Å². The van der Waals surface area contributed by atoms with Gasteiger partial charge in [0.05, 0.1) is 0 Å². The summed E-state index contributed by atoms with van der Waals surface area (Å²) in [4.78, 5) is 11.8. The van der Waals surface area contributed by atoms with Crippen LogP contribution in [0.15, 0.2) is 11.6 Å². The van der Waals surface area contributed by atoms with Gasteiger partial charge in [-0.05, 0) is 73.5 Å². The van der Waals surface area contributed by atoms with E-state index in [9.17, 15) is 4.79 Å². The van der Waals surface area contributed by atoms with Crippen LogP contribution in [-0.2, 0) is 9.53 Å². The predicted molar refractivity (Wildman–Crippen MR) is 99.7 cm³/mol. The van der Waals surface area contributed by atoms with Crippen molar-refractivity contribution < 1.29 is 9.53 Å². The van der Waals surface area contributed by atoms with Crippen molar-refractivity contribution in [2.45, 2.75) is 84.2 Å². The van der Waals surface area contributed by atoms with E-state index in [1.807, 2.05) is 0 Å². The second-order valence-electron chi connectivity index (χ2n) is 9.58. The van der Waals surface area contributed by atoms with Gasteiger partial charge < -0.3 is 4.74 Å². The van der Waals surface area contributed by atoms with Crippen LogP contribution >= 0.6 is 0 Å². The second-order valence-corrected chi connectivity index (χ2v) is 9.58. The topological polar surface area (TPSA) is 26.3 Å². The van der Waals surface area contributed by atoms with E-state index in [4.69, 9.17) is 11.2 Å². The minimum Gasteiger partial charge on any atom is -0.461 e. The molecule has 25 heavy (non-hydrogen) atoms. The van der Waals surface area contributed by atoms with Gasteiger partial charge in [-0.2, -0.15) is 0 Å². The monoisotopic (exact) mass is 340 g/mol. The van der Waals surface area contributed by atoms with Crippen LogP contribution in [-0.4, -0.2) is 12.1 Å². The van der Waals surface area contributed by atoms with Crippen LogP contribution in [0.3, 0.4) is 0 Å². The number of hydrogen-bond acceptors (Lipinski definition) is 2. The number of allylic oxidation sites excluding steroid dienone is 1. The smallest absolute Gasteiger partial charge is 0.318 e. The zero-order chi connectivity index (χ0) is 17.7. The van der Waals surface area contributed by atoms with E-state index < -0.39 is 0 Å². The van der Waals surface area contributed by atoms with E-state index in [1.54, 1.807) is 5.57 Å². The number of rotatable bonds is 2. The Labute approximate surface area is 152 Å². The van der Waals surface area contributed by atoms with Gasteiger partial charge in [-0.1, -0.05) is 37.8 Å². The molecule has 0 spiro atoms. The van der Waals surface area contributed by atoms with Gasteiger partial charge in [-0.25, -0.2) is 0 Å². The normalized spacial score (nSPS) is 45.4. The summed E-state index contributed by atoms with van der Waals surface area (Å²) in [7, 11) is 0. The number of terminal acetylenes is 1. The van der Waals surface area contributed by atoms with Crippen LogP contribution in [0.2, 0.25) is 0 Å². The van der Waals surface area contributed by atoms with Crippen molar-refractivity contribution in [1.82, 2.24) is 0 Å². The highest BCUT2D eigenvalue weighted by atomic mass is 16.5. The fourth-order valence-corrected chi connectivity index (χ4v) is 7.03. The maximum atomic E-state index is 11.8. The van der Waals surface area contributed by atoms with Crippen LogP contribution in [0.1, 0.15) is 78.1 Å². The lowest BCUT2D eigenvalue weighted by molar-refractivity contribution is -0.150. The average Bonchev–Trinajstić information content (AvgIpc) is 2.97. The van der Waals surface area contributed by atoms with Crippen LogP contribution in [0, 0.1) is 40.9 Å². The summed E-state index contributed by atoms with van der Waals surface area (Å²) in [6.07, 6.45) is 19.4. The van der Waals surface area contributed by atoms with Gasteiger partial charge in [0.15, 0.2) is 0 Å². The van der Waals surface area contributed by atoms with E-state index in [0.29, 0.717) is 10.8 Å². The van der Waals surface area contributed by atoms with Crippen molar-refractivity contribution in [1.29, 1.82) is 0 Å². The molecule has 6 atom stereocenters. The first-order valence-corrected chi connectivity index (χ1v) is 10.3. The molecule has 3 fully saturated rings. The maximum absolute atomic E-state index is 11.8. The van der Waals surface area contributed by atoms with Crippen LogP contribution in [0.25, 0.3) is 0 Å². The molecular weight excluding hydrogens is 308 g/mol. The maximum Gasteiger partial charge on any atom is 0.318 e. The third-order valence-corrected chi connectivity index (χ3v) is 8.38. The molecule has 0 aromatic rings. The number of esters is 1. The number of carbonyl (C=O) groups excluding carboxylic acids is 1. The standard InChI is InChI=1S/C23H32O2/c1-4-6-21(24)25-17-10-14-23(3)16(15-17)8-9-18-19-7-5-12-22(19,2)13-11-20(18)23/h1,8,17-20H,5-7,9-15H2,2-3H3/t17-,18-,19-,20-,22-,23-/m0/s1. The highest BCUT2D eigenvalue weighted by Crippen LogP contribution is 2.64. The molecule has 2 nitrogen and oxygen atoms in total. The Morgan fingerprint density at radius 1 is 1.24 bits per heavy atom. The second kappa shape index (κ2) is 6.19. The van der Waals surface area contributed by atoms with Gasteiger partial charge in [-0.15, -0.1) is 6.42 Å². The summed E-state index contributed by atoms with van der Waals surface area (Å²) in [5, 5.41) is 0. The predicted octanol–water partition coefficient (Wildman–Crippen LogP) is 5.27. The number of hydrogen-bond donors (Lipinski definition) is 0. The lowest BCUT2D eigenvalue weighted by Crippen LogP contribution is -2.49. The first-order valence-electron chi connectivity index (χ1n) is 10.3. The average molecular weight is 341 g/mol. The molecule has 4 rings (SSSR count). The fraction of sp³-hybridized carbons (Fsp3) is 0.783. The molecule has 4 aliphatic rings. The summed E-state index contributed by atoms with van der Waals surface area (Å²) >= 11 is 0. The molecule has 0 aromatic carbocycles. The highest BCUT2D eigenvalue weighted by Gasteiger charge is 2.55. The fourth-order valence-electron chi connectivity index (χ4n) is 7.03. The first-order chi connectivity index (χ1) is 12.0. The molecule has 0 aromatic heterocycles. The zero-order valence-corrected chi connectivity index (χ0v) is 15.9. The van der Waals surface area contributed by atoms with E-state index in [2.05, 4.69) is 25.8 Å². The van der Waals surface area contributed by atoms with E-state index in [0.717, 1.165) is 37.0 Å². The van der Waals surface area contributed by atoms with Gasteiger partial charge in [-0.3, -0.25) is 4.79 Å². The molecule has 0 aliphatic heterocycles. The van der Waals surface area contributed by atoms with Crippen molar-refractivity contribution in [3.63, 3.8) is 0 Å². The van der Waals surface area contributed by atoms with Gasteiger partial charge in [0.2, 0.25) is 0 Å². The molecule has 3 saturated carbocycles. The molecule has 0 N–H and O–H groups in total. The molecule has 136 valence electrons. The molecule has 0 amide bonds. The van der Waals surface area contributed by atoms with Crippen molar-refractivity contribution >= 4 is 5.97 Å². The largest absolute Gasteiger partial charge is 0.461 e. The Morgan fingerprint density at radius 3 is 2.88 bits per heavy atom. The molecule has 2 heteroatoms. The number of carbonyl (C=O) groups is 1. The summed E-state index contributed by atoms with van der Waals surface area (Å²) in [6, 6.07) is 0. The SMILES string of the molecule is C#CCC(=O)O[C@H]1CC[C@@]2(C)C(=CC[C@H]3[C@@H]4CCC[C@@]4(C)CC[C@@H]32)C1. The van der Waals surface area contributed by atoms with Crippen LogP contribution in [0.4, 0.5) is 0 Å². The first kappa shape index (κ1) is 17.2. The van der Waals surface area contributed by atoms with Crippen molar-refractivity contribution in [3.8, 4) is 12.3 Å². The third kappa shape index (κ3) is 2.75. The van der Waals surface area contributed by atoms with Crippen LogP contribution in [0.5, 0.6) is 0 Å². The van der Waals surface area contributed by atoms with Gasteiger partial charge in [0.1, 0.15) is 12.5 Å². The lowest BCUT2D eigenvalue weighted by atomic mass is 9.48. The van der Waals surface area contributed by atoms with E-state index in [-0.39, 0.29) is 18.5 Å². The number of fused-ring (bicyclic) bond motifs is 5. The van der Waals surface area contributed by atoms with E-state index in [1.165, 1.54) is 38.5 Å². The van der Waals surface area contributed by atoms with Crippen molar-refractivity contribution in [2.24, 2.45) is 28.6 Å². The Hall–Kier alpha value is -1.23. The van der Waals surface area contributed by atoms with Gasteiger partial charge in [0.25, 0.3) is 0 Å². The summed E-state index contributed by atoms with van der Waals surface area (Å²) < 4.78 is 5.62. The molecule has 0 unspecified atom stereocenters. The Kier molecular flexibility index (Phi) is 4.25. The molecule has 0 heterocycles. The molecule has 0 radical (unpaired) electrons. The molecular formula is C23H32O2. The van der Waals surface area contributed by atoms with Gasteiger partial charge >= 0.3 is 5.97 Å². The number of ether oxygens (including phenoxy) is 1. The highest BCUT2D eigenvalue weighted by molar-refractivity contribution is 5.72. The summed E-state index contributed by atoms with van der Waals surface area (Å²) in [5.41, 5.74) is 2.52. The zero-order valence-electron chi connectivity index (χ0n) is 15.9. The molecule has 0 bridgehead atoms. The minimum absolute atomic E-state index is 0.0389. The Morgan fingerprint density at radius 2 is 2.08 bits per heavy atom.